The van der Waals surface area contributed by atoms with Crippen LogP contribution in [0.2, 0.25) is 0 Å². The molecule has 1 saturated heterocycles. The van der Waals surface area contributed by atoms with Crippen LogP contribution < -0.4 is 4.90 Å². The highest BCUT2D eigenvalue weighted by molar-refractivity contribution is 9.10. The van der Waals surface area contributed by atoms with Crippen LogP contribution in [-0.4, -0.2) is 52.0 Å². The highest BCUT2D eigenvalue weighted by Crippen LogP contribution is 2.40. The van der Waals surface area contributed by atoms with Gasteiger partial charge in [-0.2, -0.15) is 5.10 Å². The predicted molar refractivity (Wildman–Crippen MR) is 126 cm³/mol. The second-order valence-electron chi connectivity index (χ2n) is 8.07. The van der Waals surface area contributed by atoms with Crippen molar-refractivity contribution in [1.29, 1.82) is 0 Å². The van der Waals surface area contributed by atoms with Gasteiger partial charge in [-0.15, -0.1) is 0 Å². The van der Waals surface area contributed by atoms with Gasteiger partial charge in [-0.1, -0.05) is 6.92 Å². The number of carbonyl (C=O) groups is 2. The van der Waals surface area contributed by atoms with Gasteiger partial charge in [0.05, 0.1) is 35.6 Å². The lowest BCUT2D eigenvalue weighted by Gasteiger charge is -2.36. The molecular weight excluding hydrogens is 492 g/mol. The minimum atomic E-state index is -0.529. The number of rotatable bonds is 6. The molecule has 0 saturated carbocycles. The molecule has 10 heteroatoms. The molecule has 0 N–H and O–H groups in total. The first-order valence-corrected chi connectivity index (χ1v) is 11.8. The monoisotopic (exact) mass is 518 g/mol. The van der Waals surface area contributed by atoms with E-state index in [2.05, 4.69) is 32.9 Å². The van der Waals surface area contributed by atoms with Gasteiger partial charge in [0.15, 0.2) is 0 Å². The smallest absolute Gasteiger partial charge is 0.414 e. The van der Waals surface area contributed by atoms with Gasteiger partial charge in [-0.25, -0.2) is 9.78 Å². The number of anilines is 1. The van der Waals surface area contributed by atoms with Crippen LogP contribution in [0.25, 0.3) is 11.1 Å². The van der Waals surface area contributed by atoms with Crippen molar-refractivity contribution in [3.8, 4) is 0 Å². The summed E-state index contributed by atoms with van der Waals surface area (Å²) in [5.41, 5.74) is 1.72. The molecule has 33 heavy (non-hydrogen) atoms. The maximum Gasteiger partial charge on any atom is 0.414 e. The number of amides is 1. The first-order valence-electron chi connectivity index (χ1n) is 11.0. The van der Waals surface area contributed by atoms with E-state index in [-0.39, 0.29) is 36.0 Å². The highest BCUT2D eigenvalue weighted by Gasteiger charge is 2.38. The minimum absolute atomic E-state index is 0.0171. The second kappa shape index (κ2) is 9.64. The lowest BCUT2D eigenvalue weighted by Crippen LogP contribution is -2.46. The lowest BCUT2D eigenvalue weighted by molar-refractivity contribution is 0.00468. The number of carbonyl (C=O) groups excluding carboxylic acids is 2. The van der Waals surface area contributed by atoms with E-state index in [9.17, 15) is 9.59 Å². The second-order valence-corrected chi connectivity index (χ2v) is 8.92. The molecule has 1 aliphatic heterocycles. The van der Waals surface area contributed by atoms with E-state index in [1.165, 1.54) is 6.20 Å². The first-order chi connectivity index (χ1) is 15.8. The number of aromatic nitrogens is 3. The first kappa shape index (κ1) is 23.4. The molecule has 4 heterocycles. The van der Waals surface area contributed by atoms with Gasteiger partial charge in [-0.3, -0.25) is 14.4 Å². The van der Waals surface area contributed by atoms with Crippen molar-refractivity contribution < 1.29 is 23.5 Å². The minimum Gasteiger partial charge on any atom is -0.449 e. The van der Waals surface area contributed by atoms with Crippen molar-refractivity contribution >= 4 is 44.6 Å². The van der Waals surface area contributed by atoms with Crippen molar-refractivity contribution in [2.45, 2.75) is 52.2 Å². The number of ketones is 1. The molecule has 0 bridgehead atoms. The topological polar surface area (TPSA) is 99.7 Å². The van der Waals surface area contributed by atoms with Crippen LogP contribution in [0.4, 0.5) is 10.5 Å². The van der Waals surface area contributed by atoms with E-state index in [0.717, 1.165) is 10.9 Å². The molecule has 2 atom stereocenters. The summed E-state index contributed by atoms with van der Waals surface area (Å²) >= 11 is 3.52. The summed E-state index contributed by atoms with van der Waals surface area (Å²) in [7, 11) is 1.73. The van der Waals surface area contributed by atoms with E-state index < -0.39 is 6.09 Å². The standard InChI is InChI=1S/C23H27BrN4O5/c1-5-16-9-15(7-8-32-16)28(23(30)31-6-2)19-17-10-18(24)13(3)26-22(17)33-21(19)20(29)14-11-25-27(4)12-14/h10-12,15-16H,5-9H2,1-4H3/t15-,16-/m0/s1. The molecule has 1 amide bonds. The Hall–Kier alpha value is -2.72. The summed E-state index contributed by atoms with van der Waals surface area (Å²) < 4.78 is 19.6. The van der Waals surface area contributed by atoms with E-state index in [1.54, 1.807) is 29.7 Å². The molecule has 9 nitrogen and oxygen atoms in total. The Morgan fingerprint density at radius 3 is 2.82 bits per heavy atom. The SMILES string of the molecule is CCOC(=O)N(c1c(C(=O)c2cnn(C)c2)oc2nc(C)c(Br)cc12)[C@H]1CCO[C@@H](CC)C1. The number of aryl methyl sites for hydroxylation is 2. The number of pyridine rings is 1. The van der Waals surface area contributed by atoms with Crippen LogP contribution in [0.5, 0.6) is 0 Å². The summed E-state index contributed by atoms with van der Waals surface area (Å²) in [5.74, 6) is -0.339. The number of hydrogen-bond acceptors (Lipinski definition) is 7. The normalized spacial score (nSPS) is 18.5. The molecule has 3 aromatic heterocycles. The van der Waals surface area contributed by atoms with Crippen LogP contribution >= 0.6 is 15.9 Å². The Morgan fingerprint density at radius 1 is 1.36 bits per heavy atom. The molecule has 1 aliphatic rings. The number of ether oxygens (including phenoxy) is 2. The Balaban J connectivity index is 1.93. The van der Waals surface area contributed by atoms with E-state index in [1.807, 2.05) is 13.0 Å². The van der Waals surface area contributed by atoms with Gasteiger partial charge in [0.1, 0.15) is 5.69 Å². The van der Waals surface area contributed by atoms with Crippen molar-refractivity contribution in [1.82, 2.24) is 14.8 Å². The predicted octanol–water partition coefficient (Wildman–Crippen LogP) is 4.78. The van der Waals surface area contributed by atoms with Crippen LogP contribution in [0.1, 0.15) is 54.9 Å². The summed E-state index contributed by atoms with van der Waals surface area (Å²) in [6.07, 6.45) is 4.65. The van der Waals surface area contributed by atoms with Gasteiger partial charge < -0.3 is 13.9 Å². The summed E-state index contributed by atoms with van der Waals surface area (Å²) in [4.78, 5) is 32.9. The van der Waals surface area contributed by atoms with E-state index in [4.69, 9.17) is 13.9 Å². The Labute approximate surface area is 200 Å². The molecule has 4 rings (SSSR count). The highest BCUT2D eigenvalue weighted by atomic mass is 79.9. The Bertz CT molecular complexity index is 1190. The van der Waals surface area contributed by atoms with Gasteiger partial charge in [0.25, 0.3) is 0 Å². The average Bonchev–Trinajstić information content (AvgIpc) is 3.38. The molecule has 3 aromatic rings. The molecule has 0 unspecified atom stereocenters. The quantitative estimate of drug-likeness (QED) is 0.432. The number of hydrogen-bond donors (Lipinski definition) is 0. The van der Waals surface area contributed by atoms with Crippen LogP contribution in [-0.2, 0) is 16.5 Å². The van der Waals surface area contributed by atoms with E-state index in [0.29, 0.717) is 41.8 Å². The van der Waals surface area contributed by atoms with Gasteiger partial charge >= 0.3 is 6.09 Å². The zero-order chi connectivity index (χ0) is 23.7. The molecule has 176 valence electrons. The Kier molecular flexibility index (Phi) is 6.85. The zero-order valence-corrected chi connectivity index (χ0v) is 20.7. The van der Waals surface area contributed by atoms with Crippen LogP contribution in [0, 0.1) is 6.92 Å². The Morgan fingerprint density at radius 2 is 2.15 bits per heavy atom. The van der Waals surface area contributed by atoms with Crippen LogP contribution in [0.15, 0.2) is 27.3 Å². The van der Waals surface area contributed by atoms with Crippen molar-refractivity contribution in [3.63, 3.8) is 0 Å². The molecule has 0 radical (unpaired) electrons. The fraction of sp³-hybridized carbons (Fsp3) is 0.478. The number of fused-ring (bicyclic) bond motifs is 1. The summed E-state index contributed by atoms with van der Waals surface area (Å²) in [6, 6.07) is 1.61. The molecular formula is C23H27BrN4O5. The van der Waals surface area contributed by atoms with Gasteiger partial charge in [0.2, 0.25) is 17.3 Å². The van der Waals surface area contributed by atoms with Gasteiger partial charge in [-0.05, 0) is 55.1 Å². The van der Waals surface area contributed by atoms with Gasteiger partial charge in [0, 0.05) is 30.4 Å². The molecule has 0 spiro atoms. The number of halogens is 1. The molecule has 0 aliphatic carbocycles. The number of nitrogens with zero attached hydrogens (tertiary/aromatic N) is 4. The molecule has 1 fully saturated rings. The lowest BCUT2D eigenvalue weighted by atomic mass is 9.98. The fourth-order valence-electron chi connectivity index (χ4n) is 4.13. The summed E-state index contributed by atoms with van der Waals surface area (Å²) in [5, 5.41) is 4.67. The zero-order valence-electron chi connectivity index (χ0n) is 19.1. The third kappa shape index (κ3) is 4.54. The summed E-state index contributed by atoms with van der Waals surface area (Å²) in [6.45, 7) is 6.36. The largest absolute Gasteiger partial charge is 0.449 e. The van der Waals surface area contributed by atoms with Crippen molar-refractivity contribution in [2.75, 3.05) is 18.1 Å². The maximum atomic E-state index is 13.5. The van der Waals surface area contributed by atoms with E-state index >= 15 is 0 Å². The molecule has 0 aromatic carbocycles. The maximum absolute atomic E-state index is 13.5. The van der Waals surface area contributed by atoms with Crippen molar-refractivity contribution in [3.05, 3.63) is 40.0 Å². The third-order valence-electron chi connectivity index (χ3n) is 5.82. The average molecular weight is 519 g/mol. The van der Waals surface area contributed by atoms with Crippen LogP contribution in [0.3, 0.4) is 0 Å². The third-order valence-corrected chi connectivity index (χ3v) is 6.63. The van der Waals surface area contributed by atoms with Crippen molar-refractivity contribution in [2.24, 2.45) is 7.05 Å². The number of furan rings is 1. The fourth-order valence-corrected chi connectivity index (χ4v) is 4.45.